The zero-order valence-corrected chi connectivity index (χ0v) is 19.7. The molecule has 0 radical (unpaired) electrons. The van der Waals surface area contributed by atoms with Crippen LogP contribution in [0.1, 0.15) is 49.1 Å². The van der Waals surface area contributed by atoms with E-state index in [1.165, 1.54) is 0 Å². The highest BCUT2D eigenvalue weighted by Gasteiger charge is 2.29. The van der Waals surface area contributed by atoms with Gasteiger partial charge in [-0.2, -0.15) is 0 Å². The summed E-state index contributed by atoms with van der Waals surface area (Å²) in [6, 6.07) is 9.42. The van der Waals surface area contributed by atoms with Gasteiger partial charge in [-0.15, -0.1) is 0 Å². The first-order valence-electron chi connectivity index (χ1n) is 11.6. The second kappa shape index (κ2) is 9.97. The molecule has 33 heavy (non-hydrogen) atoms. The molecule has 0 spiro atoms. The van der Waals surface area contributed by atoms with Crippen molar-refractivity contribution in [1.29, 1.82) is 0 Å². The molecule has 1 N–H and O–H groups in total. The van der Waals surface area contributed by atoms with Crippen LogP contribution >= 0.6 is 0 Å². The molecule has 4 rings (SSSR count). The van der Waals surface area contributed by atoms with Crippen LogP contribution in [0.15, 0.2) is 34.7 Å². The van der Waals surface area contributed by atoms with Crippen LogP contribution in [-0.4, -0.2) is 62.7 Å². The van der Waals surface area contributed by atoms with Gasteiger partial charge in [0.2, 0.25) is 0 Å². The molecule has 2 amide bonds. The summed E-state index contributed by atoms with van der Waals surface area (Å²) in [7, 11) is 0. The van der Waals surface area contributed by atoms with E-state index in [0.29, 0.717) is 18.1 Å². The van der Waals surface area contributed by atoms with Crippen LogP contribution in [0.5, 0.6) is 5.75 Å². The lowest BCUT2D eigenvalue weighted by Gasteiger charge is -2.31. The lowest BCUT2D eigenvalue weighted by atomic mass is 9.82. The molecule has 8 nitrogen and oxygen atoms in total. The number of nitrogens with one attached hydrogen (secondary N) is 1. The van der Waals surface area contributed by atoms with E-state index >= 15 is 0 Å². The van der Waals surface area contributed by atoms with E-state index in [9.17, 15) is 9.59 Å². The maximum Gasteiger partial charge on any atom is 0.287 e. The van der Waals surface area contributed by atoms with Gasteiger partial charge in [0.15, 0.2) is 12.4 Å². The molecule has 8 heteroatoms. The maximum atomic E-state index is 12.7. The van der Waals surface area contributed by atoms with Crippen molar-refractivity contribution in [3.05, 3.63) is 47.4 Å². The molecule has 1 fully saturated rings. The summed E-state index contributed by atoms with van der Waals surface area (Å²) in [6.07, 6.45) is 0.975. The van der Waals surface area contributed by atoms with Crippen molar-refractivity contribution >= 4 is 17.5 Å². The summed E-state index contributed by atoms with van der Waals surface area (Å²) in [6.45, 7) is 11.3. The van der Waals surface area contributed by atoms with Gasteiger partial charge in [-0.1, -0.05) is 26.8 Å². The highest BCUT2D eigenvalue weighted by molar-refractivity contribution is 5.98. The van der Waals surface area contributed by atoms with E-state index in [2.05, 4.69) is 37.1 Å². The molecule has 0 unspecified atom stereocenters. The Morgan fingerprint density at radius 3 is 2.70 bits per heavy atom. The number of hydrogen-bond acceptors (Lipinski definition) is 6. The van der Waals surface area contributed by atoms with Crippen LogP contribution < -0.4 is 15.0 Å². The average molecular weight is 456 g/mol. The third-order valence-electron chi connectivity index (χ3n) is 6.58. The first-order valence-corrected chi connectivity index (χ1v) is 11.6. The van der Waals surface area contributed by atoms with Gasteiger partial charge in [-0.25, -0.2) is 0 Å². The number of rotatable bonds is 8. The second-order valence-electron chi connectivity index (χ2n) is 9.16. The van der Waals surface area contributed by atoms with Gasteiger partial charge in [0, 0.05) is 26.2 Å². The van der Waals surface area contributed by atoms with Crippen LogP contribution in [0.2, 0.25) is 0 Å². The SMILES string of the molecule is CCC(C)(C)c1ccc2c(c1)N(Cc1ccc(C(=O)NCCN3CCOCC3)o1)C(=O)CO2. The fraction of sp³-hybridized carbons (Fsp3) is 0.520. The number of carbonyl (C=O) groups is 2. The zero-order valence-electron chi connectivity index (χ0n) is 19.7. The quantitative estimate of drug-likeness (QED) is 0.659. The smallest absolute Gasteiger partial charge is 0.287 e. The molecular weight excluding hydrogens is 422 g/mol. The lowest BCUT2D eigenvalue weighted by Crippen LogP contribution is -2.41. The minimum Gasteiger partial charge on any atom is -0.482 e. The molecule has 1 saturated heterocycles. The highest BCUT2D eigenvalue weighted by Crippen LogP contribution is 2.38. The van der Waals surface area contributed by atoms with E-state index < -0.39 is 0 Å². The second-order valence-corrected chi connectivity index (χ2v) is 9.16. The zero-order chi connectivity index (χ0) is 23.4. The van der Waals surface area contributed by atoms with Crippen molar-refractivity contribution in [2.24, 2.45) is 0 Å². The van der Waals surface area contributed by atoms with Gasteiger partial charge in [-0.3, -0.25) is 19.4 Å². The molecular formula is C25H33N3O5. The molecule has 0 atom stereocenters. The number of fused-ring (bicyclic) bond motifs is 1. The summed E-state index contributed by atoms with van der Waals surface area (Å²) in [5.41, 5.74) is 1.86. The minimum atomic E-state index is -0.254. The molecule has 0 saturated carbocycles. The first kappa shape index (κ1) is 23.3. The van der Waals surface area contributed by atoms with Crippen LogP contribution in [0.4, 0.5) is 5.69 Å². The summed E-state index contributed by atoms with van der Waals surface area (Å²) >= 11 is 0. The summed E-state index contributed by atoms with van der Waals surface area (Å²) in [5, 5.41) is 2.90. The van der Waals surface area contributed by atoms with Gasteiger partial charge >= 0.3 is 0 Å². The van der Waals surface area contributed by atoms with Crippen LogP contribution in [0.25, 0.3) is 0 Å². The Hall–Kier alpha value is -2.84. The number of morpholine rings is 1. The van der Waals surface area contributed by atoms with Gasteiger partial charge in [0.25, 0.3) is 11.8 Å². The van der Waals surface area contributed by atoms with Crippen molar-refractivity contribution in [3.8, 4) is 5.75 Å². The standard InChI is InChI=1S/C25H33N3O5/c1-4-25(2,3)18-5-7-21-20(15-18)28(23(29)17-32-21)16-19-6-8-22(33-19)24(30)26-9-10-27-11-13-31-14-12-27/h5-8,15H,4,9-14,16-17H2,1-3H3,(H,26,30). The van der Waals surface area contributed by atoms with E-state index in [1.807, 2.05) is 12.1 Å². The van der Waals surface area contributed by atoms with E-state index in [4.69, 9.17) is 13.9 Å². The molecule has 1 aromatic carbocycles. The predicted octanol–water partition coefficient (Wildman–Crippen LogP) is 2.95. The lowest BCUT2D eigenvalue weighted by molar-refractivity contribution is -0.121. The van der Waals surface area contributed by atoms with E-state index in [0.717, 1.165) is 50.5 Å². The van der Waals surface area contributed by atoms with E-state index in [1.54, 1.807) is 17.0 Å². The number of hydrogen-bond donors (Lipinski definition) is 1. The van der Waals surface area contributed by atoms with Gasteiger partial charge < -0.3 is 19.2 Å². The fourth-order valence-corrected chi connectivity index (χ4v) is 3.98. The molecule has 2 aliphatic heterocycles. The molecule has 0 bridgehead atoms. The maximum absolute atomic E-state index is 12.7. The Morgan fingerprint density at radius 1 is 1.15 bits per heavy atom. The topological polar surface area (TPSA) is 84.3 Å². The molecule has 2 aromatic rings. The highest BCUT2D eigenvalue weighted by atomic mass is 16.5. The Balaban J connectivity index is 1.42. The van der Waals surface area contributed by atoms with E-state index in [-0.39, 0.29) is 36.1 Å². The number of nitrogens with zero attached hydrogens (tertiary/aromatic N) is 2. The molecule has 1 aromatic heterocycles. The Labute approximate surface area is 194 Å². The molecule has 0 aliphatic carbocycles. The molecule has 2 aliphatic rings. The predicted molar refractivity (Wildman–Crippen MR) is 125 cm³/mol. The van der Waals surface area contributed by atoms with Crippen LogP contribution in [-0.2, 0) is 21.5 Å². The third kappa shape index (κ3) is 5.39. The number of benzene rings is 1. The number of furan rings is 1. The van der Waals surface area contributed by atoms with Crippen molar-refractivity contribution in [2.75, 3.05) is 50.9 Å². The Morgan fingerprint density at radius 2 is 1.94 bits per heavy atom. The third-order valence-corrected chi connectivity index (χ3v) is 6.58. The number of amides is 2. The van der Waals surface area contributed by atoms with Gasteiger partial charge in [0.1, 0.15) is 11.5 Å². The van der Waals surface area contributed by atoms with Crippen molar-refractivity contribution < 1.29 is 23.5 Å². The van der Waals surface area contributed by atoms with Gasteiger partial charge in [-0.05, 0) is 41.7 Å². The van der Waals surface area contributed by atoms with Crippen LogP contribution in [0, 0.1) is 0 Å². The minimum absolute atomic E-state index is 0.0148. The number of anilines is 1. The van der Waals surface area contributed by atoms with Gasteiger partial charge in [0.05, 0.1) is 25.4 Å². The summed E-state index contributed by atoms with van der Waals surface area (Å²) in [4.78, 5) is 29.1. The summed E-state index contributed by atoms with van der Waals surface area (Å²) < 4.78 is 16.8. The monoisotopic (exact) mass is 455 g/mol. The average Bonchev–Trinajstić information content (AvgIpc) is 3.30. The summed E-state index contributed by atoms with van der Waals surface area (Å²) in [5.74, 6) is 1.08. The molecule has 3 heterocycles. The normalized spacial score (nSPS) is 16.9. The van der Waals surface area contributed by atoms with Crippen molar-refractivity contribution in [1.82, 2.24) is 10.2 Å². The first-order chi connectivity index (χ1) is 15.9. The van der Waals surface area contributed by atoms with Crippen molar-refractivity contribution in [3.63, 3.8) is 0 Å². The number of ether oxygens (including phenoxy) is 2. The number of carbonyl (C=O) groups excluding carboxylic acids is 2. The fourth-order valence-electron chi connectivity index (χ4n) is 3.98. The molecule has 178 valence electrons. The van der Waals surface area contributed by atoms with Crippen LogP contribution in [0.3, 0.4) is 0 Å². The largest absolute Gasteiger partial charge is 0.482 e. The van der Waals surface area contributed by atoms with Crippen molar-refractivity contribution in [2.45, 2.75) is 39.2 Å². The Bertz CT molecular complexity index is 994. The Kier molecular flexibility index (Phi) is 7.05.